The first-order valence-electron chi connectivity index (χ1n) is 6.17. The fourth-order valence-corrected chi connectivity index (χ4v) is 1.60. The highest BCUT2D eigenvalue weighted by Crippen LogP contribution is 2.32. The predicted octanol–water partition coefficient (Wildman–Crippen LogP) is 3.71. The third-order valence-corrected chi connectivity index (χ3v) is 2.64. The number of halogens is 5. The molecular formula is C14H9F5N2O2. The Morgan fingerprint density at radius 3 is 2.52 bits per heavy atom. The molecule has 0 atom stereocenters. The molecule has 1 heterocycles. The molecule has 0 aliphatic heterocycles. The van der Waals surface area contributed by atoms with Crippen molar-refractivity contribution in [1.82, 2.24) is 4.98 Å². The maximum absolute atomic E-state index is 13.4. The number of pyridine rings is 1. The van der Waals surface area contributed by atoms with E-state index < -0.39 is 35.7 Å². The Bertz CT molecular complexity index is 709. The smallest absolute Gasteiger partial charge is 0.426 e. The van der Waals surface area contributed by atoms with E-state index >= 15 is 0 Å². The van der Waals surface area contributed by atoms with Crippen LogP contribution in [-0.2, 0) is 0 Å². The Morgan fingerprint density at radius 2 is 1.87 bits per heavy atom. The van der Waals surface area contributed by atoms with Gasteiger partial charge in [-0.2, -0.15) is 22.0 Å². The van der Waals surface area contributed by atoms with Crippen molar-refractivity contribution in [3.8, 4) is 5.75 Å². The van der Waals surface area contributed by atoms with Gasteiger partial charge in [-0.15, -0.1) is 0 Å². The molecule has 1 N–H and O–H groups in total. The summed E-state index contributed by atoms with van der Waals surface area (Å²) in [5, 5.41) is 2.11. The van der Waals surface area contributed by atoms with E-state index in [0.29, 0.717) is 0 Å². The van der Waals surface area contributed by atoms with Gasteiger partial charge < -0.3 is 10.1 Å². The van der Waals surface area contributed by atoms with Gasteiger partial charge in [-0.3, -0.25) is 4.79 Å². The molecular weight excluding hydrogens is 323 g/mol. The van der Waals surface area contributed by atoms with Gasteiger partial charge in [0.15, 0.2) is 0 Å². The molecule has 2 aromatic rings. The van der Waals surface area contributed by atoms with Crippen molar-refractivity contribution in [2.24, 2.45) is 0 Å². The van der Waals surface area contributed by atoms with Crippen molar-refractivity contribution >= 4 is 11.6 Å². The van der Waals surface area contributed by atoms with Crippen molar-refractivity contribution < 1.29 is 31.5 Å². The summed E-state index contributed by atoms with van der Waals surface area (Å²) in [6.07, 6.45) is -7.67. The number of rotatable bonds is 5. The van der Waals surface area contributed by atoms with E-state index in [-0.39, 0.29) is 5.69 Å². The molecule has 0 aliphatic carbocycles. The standard InChI is InChI=1S/C14H9F5N2O2/c15-11-8(4-3-7-20-11)12(22)21-9-5-1-2-6-10(9)23-14(18,19)13(16)17/h1-7,13H,(H,21,22). The highest BCUT2D eigenvalue weighted by molar-refractivity contribution is 6.04. The van der Waals surface area contributed by atoms with Gasteiger partial charge in [-0.05, 0) is 24.3 Å². The second kappa shape index (κ2) is 6.59. The number of ether oxygens (including phenoxy) is 1. The molecule has 0 bridgehead atoms. The van der Waals surface area contributed by atoms with E-state index in [1.54, 1.807) is 0 Å². The van der Waals surface area contributed by atoms with Crippen LogP contribution >= 0.6 is 0 Å². The largest absolute Gasteiger partial charge is 0.461 e. The van der Waals surface area contributed by atoms with Crippen molar-refractivity contribution in [1.29, 1.82) is 0 Å². The average molecular weight is 332 g/mol. The number of carbonyl (C=O) groups is 1. The maximum Gasteiger partial charge on any atom is 0.461 e. The predicted molar refractivity (Wildman–Crippen MR) is 70.2 cm³/mol. The summed E-state index contributed by atoms with van der Waals surface area (Å²) in [5.41, 5.74) is -0.760. The average Bonchev–Trinajstić information content (AvgIpc) is 2.49. The summed E-state index contributed by atoms with van der Waals surface area (Å²) in [6, 6.07) is 7.12. The van der Waals surface area contributed by atoms with Crippen LogP contribution in [0.25, 0.3) is 0 Å². The quantitative estimate of drug-likeness (QED) is 0.671. The first-order chi connectivity index (χ1) is 10.8. The van der Waals surface area contributed by atoms with Crippen molar-refractivity contribution in [2.45, 2.75) is 12.5 Å². The van der Waals surface area contributed by atoms with Crippen molar-refractivity contribution in [3.63, 3.8) is 0 Å². The number of hydrogen-bond acceptors (Lipinski definition) is 3. The summed E-state index contributed by atoms with van der Waals surface area (Å²) < 4.78 is 67.7. The summed E-state index contributed by atoms with van der Waals surface area (Å²) in [7, 11) is 0. The number of aromatic nitrogens is 1. The minimum atomic E-state index is -4.74. The third-order valence-electron chi connectivity index (χ3n) is 2.64. The molecule has 9 heteroatoms. The van der Waals surface area contributed by atoms with Gasteiger partial charge in [0.05, 0.1) is 11.3 Å². The molecule has 2 rings (SSSR count). The highest BCUT2D eigenvalue weighted by Gasteiger charge is 2.44. The molecule has 1 aromatic carbocycles. The molecule has 0 saturated carbocycles. The van der Waals surface area contributed by atoms with Crippen molar-refractivity contribution in [3.05, 3.63) is 54.1 Å². The van der Waals surface area contributed by atoms with Crippen LogP contribution in [0.15, 0.2) is 42.6 Å². The highest BCUT2D eigenvalue weighted by atomic mass is 19.3. The van der Waals surface area contributed by atoms with Gasteiger partial charge in [0.25, 0.3) is 5.91 Å². The first kappa shape index (κ1) is 16.7. The Morgan fingerprint density at radius 1 is 1.17 bits per heavy atom. The second-order valence-corrected chi connectivity index (χ2v) is 4.26. The number of nitrogens with one attached hydrogen (secondary N) is 1. The molecule has 0 radical (unpaired) electrons. The number of carbonyl (C=O) groups excluding carboxylic acids is 1. The van der Waals surface area contributed by atoms with Gasteiger partial charge in [0.1, 0.15) is 5.75 Å². The van der Waals surface area contributed by atoms with Crippen LogP contribution in [0, 0.1) is 5.95 Å². The lowest BCUT2D eigenvalue weighted by Gasteiger charge is -2.19. The fraction of sp³-hybridized carbons (Fsp3) is 0.143. The van der Waals surface area contributed by atoms with Crippen LogP contribution in [0.3, 0.4) is 0 Å². The van der Waals surface area contributed by atoms with E-state index in [0.717, 1.165) is 24.4 Å². The number of benzene rings is 1. The zero-order valence-electron chi connectivity index (χ0n) is 11.3. The Hall–Kier alpha value is -2.71. The summed E-state index contributed by atoms with van der Waals surface area (Å²) >= 11 is 0. The molecule has 0 aliphatic rings. The number of alkyl halides is 4. The topological polar surface area (TPSA) is 51.2 Å². The van der Waals surface area contributed by atoms with Crippen LogP contribution in [0.2, 0.25) is 0 Å². The minimum absolute atomic E-state index is 0.318. The van der Waals surface area contributed by atoms with Crippen LogP contribution in [0.5, 0.6) is 5.75 Å². The lowest BCUT2D eigenvalue weighted by molar-refractivity contribution is -0.252. The minimum Gasteiger partial charge on any atom is -0.426 e. The maximum atomic E-state index is 13.4. The SMILES string of the molecule is O=C(Nc1ccccc1OC(F)(F)C(F)F)c1cccnc1F. The Balaban J connectivity index is 2.24. The van der Waals surface area contributed by atoms with Crippen LogP contribution in [-0.4, -0.2) is 23.4 Å². The molecule has 122 valence electrons. The van der Waals surface area contributed by atoms with E-state index in [2.05, 4.69) is 15.0 Å². The molecule has 1 aromatic heterocycles. The van der Waals surface area contributed by atoms with Gasteiger partial charge in [-0.1, -0.05) is 12.1 Å². The molecule has 4 nitrogen and oxygen atoms in total. The molecule has 23 heavy (non-hydrogen) atoms. The Labute approximate surface area is 126 Å². The van der Waals surface area contributed by atoms with Gasteiger partial charge in [0.2, 0.25) is 5.95 Å². The van der Waals surface area contributed by atoms with Crippen molar-refractivity contribution in [2.75, 3.05) is 5.32 Å². The van der Waals surface area contributed by atoms with E-state index in [4.69, 9.17) is 0 Å². The van der Waals surface area contributed by atoms with Crippen LogP contribution < -0.4 is 10.1 Å². The molecule has 0 unspecified atom stereocenters. The first-order valence-corrected chi connectivity index (χ1v) is 6.17. The third kappa shape index (κ3) is 3.93. The zero-order valence-corrected chi connectivity index (χ0v) is 11.3. The van der Waals surface area contributed by atoms with Crippen LogP contribution in [0.1, 0.15) is 10.4 Å². The monoisotopic (exact) mass is 332 g/mol. The second-order valence-electron chi connectivity index (χ2n) is 4.26. The van der Waals surface area contributed by atoms with E-state index in [1.807, 2.05) is 0 Å². The molecule has 0 saturated heterocycles. The Kier molecular flexibility index (Phi) is 4.77. The van der Waals surface area contributed by atoms with Gasteiger partial charge >= 0.3 is 12.5 Å². The number of anilines is 1. The fourth-order valence-electron chi connectivity index (χ4n) is 1.60. The normalized spacial score (nSPS) is 11.4. The number of nitrogens with zero attached hydrogens (tertiary/aromatic N) is 1. The molecule has 0 fully saturated rings. The summed E-state index contributed by atoms with van der Waals surface area (Å²) in [6.45, 7) is 0. The lowest BCUT2D eigenvalue weighted by Crippen LogP contribution is -2.33. The molecule has 1 amide bonds. The van der Waals surface area contributed by atoms with Gasteiger partial charge in [0, 0.05) is 6.20 Å². The number of hydrogen-bond donors (Lipinski definition) is 1. The summed E-state index contributed by atoms with van der Waals surface area (Å²) in [4.78, 5) is 15.2. The zero-order chi connectivity index (χ0) is 17.0. The van der Waals surface area contributed by atoms with Gasteiger partial charge in [-0.25, -0.2) is 4.98 Å². The molecule has 0 spiro atoms. The van der Waals surface area contributed by atoms with E-state index in [9.17, 15) is 26.7 Å². The summed E-state index contributed by atoms with van der Waals surface area (Å²) in [5.74, 6) is -2.75. The van der Waals surface area contributed by atoms with Crippen LogP contribution in [0.4, 0.5) is 27.6 Å². The number of para-hydroxylation sites is 2. The van der Waals surface area contributed by atoms with E-state index in [1.165, 1.54) is 18.2 Å². The number of amides is 1. The lowest BCUT2D eigenvalue weighted by atomic mass is 10.2.